The Hall–Kier alpha value is -1.60. The van der Waals surface area contributed by atoms with Crippen molar-refractivity contribution in [2.24, 2.45) is 5.92 Å². The summed E-state index contributed by atoms with van der Waals surface area (Å²) in [5.41, 5.74) is 0.837. The van der Waals surface area contributed by atoms with Crippen LogP contribution in [0.4, 0.5) is 5.69 Å². The van der Waals surface area contributed by atoms with Crippen LogP contribution in [0.2, 0.25) is 0 Å². The molecule has 2 atom stereocenters. The molecular formula is C14H19NO5S. The molecule has 21 heavy (non-hydrogen) atoms. The van der Waals surface area contributed by atoms with Crippen LogP contribution in [0, 0.1) is 5.92 Å². The summed E-state index contributed by atoms with van der Waals surface area (Å²) < 4.78 is 32.2. The van der Waals surface area contributed by atoms with E-state index in [1.165, 1.54) is 7.11 Å². The third kappa shape index (κ3) is 3.36. The first-order valence-electron chi connectivity index (χ1n) is 6.78. The van der Waals surface area contributed by atoms with Crippen LogP contribution in [0.1, 0.15) is 24.8 Å². The molecule has 1 fully saturated rings. The van der Waals surface area contributed by atoms with Crippen molar-refractivity contribution in [1.82, 2.24) is 0 Å². The Bertz CT molecular complexity index is 614. The standard InChI is InChI=1S/C14H19NO5S/c1-20-14(17)11-6-4-8-13(11)21(18,19)15-12-7-3-2-5-10(12)9-16/h2-3,5,7,11,13,15-16H,4,6,8-9H2,1H3. The molecule has 0 amide bonds. The van der Waals surface area contributed by atoms with Crippen molar-refractivity contribution in [1.29, 1.82) is 0 Å². The van der Waals surface area contributed by atoms with E-state index in [0.29, 0.717) is 30.5 Å². The molecule has 2 N–H and O–H groups in total. The van der Waals surface area contributed by atoms with Crippen LogP contribution < -0.4 is 4.72 Å². The Morgan fingerprint density at radius 1 is 1.38 bits per heavy atom. The Labute approximate surface area is 124 Å². The normalized spacial score (nSPS) is 22.0. The highest BCUT2D eigenvalue weighted by Crippen LogP contribution is 2.33. The van der Waals surface area contributed by atoms with Crippen molar-refractivity contribution in [3.63, 3.8) is 0 Å². The van der Waals surface area contributed by atoms with E-state index in [1.54, 1.807) is 24.3 Å². The Morgan fingerprint density at radius 3 is 2.76 bits per heavy atom. The first-order chi connectivity index (χ1) is 9.99. The van der Waals surface area contributed by atoms with E-state index in [1.807, 2.05) is 0 Å². The number of nitrogens with one attached hydrogen (secondary N) is 1. The fourth-order valence-corrected chi connectivity index (χ4v) is 4.52. The monoisotopic (exact) mass is 313 g/mol. The maximum atomic E-state index is 12.5. The van der Waals surface area contributed by atoms with E-state index in [-0.39, 0.29) is 6.61 Å². The van der Waals surface area contributed by atoms with Crippen molar-refractivity contribution < 1.29 is 23.1 Å². The molecule has 2 unspecified atom stereocenters. The molecule has 6 nitrogen and oxygen atoms in total. The Morgan fingerprint density at radius 2 is 2.10 bits per heavy atom. The summed E-state index contributed by atoms with van der Waals surface area (Å²) in [6.07, 6.45) is 1.61. The molecule has 116 valence electrons. The molecule has 0 aliphatic heterocycles. The van der Waals surface area contributed by atoms with Gasteiger partial charge in [-0.1, -0.05) is 24.6 Å². The van der Waals surface area contributed by atoms with E-state index in [9.17, 15) is 18.3 Å². The zero-order valence-electron chi connectivity index (χ0n) is 11.8. The second kappa shape index (κ2) is 6.44. The highest BCUT2D eigenvalue weighted by atomic mass is 32.2. The highest BCUT2D eigenvalue weighted by molar-refractivity contribution is 7.93. The number of rotatable bonds is 5. The number of hydrogen-bond acceptors (Lipinski definition) is 5. The van der Waals surface area contributed by atoms with Gasteiger partial charge in [0, 0.05) is 5.56 Å². The van der Waals surface area contributed by atoms with Crippen LogP contribution in [0.3, 0.4) is 0 Å². The molecule has 1 aliphatic rings. The number of sulfonamides is 1. The van der Waals surface area contributed by atoms with E-state index in [2.05, 4.69) is 9.46 Å². The molecule has 0 spiro atoms. The van der Waals surface area contributed by atoms with Crippen LogP contribution in [0.5, 0.6) is 0 Å². The first-order valence-corrected chi connectivity index (χ1v) is 8.32. The highest BCUT2D eigenvalue weighted by Gasteiger charge is 2.42. The number of para-hydroxylation sites is 1. The number of ether oxygens (including phenoxy) is 1. The first kappa shape index (κ1) is 15.8. The van der Waals surface area contributed by atoms with Crippen LogP contribution in [0.25, 0.3) is 0 Å². The van der Waals surface area contributed by atoms with Gasteiger partial charge in [-0.2, -0.15) is 0 Å². The van der Waals surface area contributed by atoms with E-state index < -0.39 is 27.2 Å². The van der Waals surface area contributed by atoms with Gasteiger partial charge in [0.2, 0.25) is 10.0 Å². The number of hydrogen-bond donors (Lipinski definition) is 2. The van der Waals surface area contributed by atoms with Crippen molar-refractivity contribution in [3.05, 3.63) is 29.8 Å². The largest absolute Gasteiger partial charge is 0.469 e. The predicted molar refractivity (Wildman–Crippen MR) is 78.1 cm³/mol. The van der Waals surface area contributed by atoms with Crippen molar-refractivity contribution in [2.45, 2.75) is 31.1 Å². The maximum absolute atomic E-state index is 12.5. The van der Waals surface area contributed by atoms with Gasteiger partial charge in [0.05, 0.1) is 30.6 Å². The zero-order valence-corrected chi connectivity index (χ0v) is 12.6. The minimum absolute atomic E-state index is 0.260. The number of aliphatic hydroxyl groups excluding tert-OH is 1. The van der Waals surface area contributed by atoms with Crippen LogP contribution in [0.15, 0.2) is 24.3 Å². The molecule has 1 aromatic rings. The lowest BCUT2D eigenvalue weighted by atomic mass is 10.1. The molecular weight excluding hydrogens is 294 g/mol. The number of benzene rings is 1. The van der Waals surface area contributed by atoms with Gasteiger partial charge >= 0.3 is 5.97 Å². The number of esters is 1. The van der Waals surface area contributed by atoms with Gasteiger partial charge in [-0.15, -0.1) is 0 Å². The SMILES string of the molecule is COC(=O)C1CCCC1S(=O)(=O)Nc1ccccc1CO. The number of carbonyl (C=O) groups excluding carboxylic acids is 1. The van der Waals surface area contributed by atoms with Crippen LogP contribution in [-0.2, 0) is 26.2 Å². The number of carbonyl (C=O) groups is 1. The van der Waals surface area contributed by atoms with Gasteiger partial charge in [0.15, 0.2) is 0 Å². The zero-order chi connectivity index (χ0) is 15.5. The molecule has 0 radical (unpaired) electrons. The fourth-order valence-electron chi connectivity index (χ4n) is 2.71. The van der Waals surface area contributed by atoms with E-state index in [0.717, 1.165) is 0 Å². The summed E-state index contributed by atoms with van der Waals surface area (Å²) in [5, 5.41) is 8.46. The smallest absolute Gasteiger partial charge is 0.310 e. The maximum Gasteiger partial charge on any atom is 0.310 e. The average molecular weight is 313 g/mol. The van der Waals surface area contributed by atoms with Crippen molar-refractivity contribution in [2.75, 3.05) is 11.8 Å². The lowest BCUT2D eigenvalue weighted by Crippen LogP contribution is -2.35. The van der Waals surface area contributed by atoms with E-state index >= 15 is 0 Å². The minimum Gasteiger partial charge on any atom is -0.469 e. The summed E-state index contributed by atoms with van der Waals surface area (Å²) in [6.45, 7) is -0.260. The summed E-state index contributed by atoms with van der Waals surface area (Å²) in [4.78, 5) is 11.7. The molecule has 1 aromatic carbocycles. The molecule has 0 bridgehead atoms. The summed E-state index contributed by atoms with van der Waals surface area (Å²) >= 11 is 0. The van der Waals surface area contributed by atoms with Crippen LogP contribution in [-0.4, -0.2) is 31.9 Å². The van der Waals surface area contributed by atoms with Crippen molar-refractivity contribution >= 4 is 21.7 Å². The summed E-state index contributed by atoms with van der Waals surface area (Å²) in [7, 11) is -2.45. The van der Waals surface area contributed by atoms with Gasteiger partial charge in [-0.3, -0.25) is 9.52 Å². The molecule has 0 saturated heterocycles. The fraction of sp³-hybridized carbons (Fsp3) is 0.500. The van der Waals surface area contributed by atoms with Gasteiger partial charge in [-0.25, -0.2) is 8.42 Å². The van der Waals surface area contributed by atoms with Crippen LogP contribution >= 0.6 is 0 Å². The third-order valence-corrected chi connectivity index (χ3v) is 5.66. The van der Waals surface area contributed by atoms with Gasteiger partial charge < -0.3 is 9.84 Å². The number of aliphatic hydroxyl groups is 1. The van der Waals surface area contributed by atoms with Gasteiger partial charge in [0.1, 0.15) is 0 Å². The average Bonchev–Trinajstić information content (AvgIpc) is 2.97. The topological polar surface area (TPSA) is 92.7 Å². The summed E-state index contributed by atoms with van der Waals surface area (Å²) in [6, 6.07) is 6.63. The summed E-state index contributed by atoms with van der Waals surface area (Å²) in [5.74, 6) is -1.12. The second-order valence-corrected chi connectivity index (χ2v) is 6.96. The quantitative estimate of drug-likeness (QED) is 0.798. The second-order valence-electron chi connectivity index (χ2n) is 5.06. The van der Waals surface area contributed by atoms with Gasteiger partial charge in [0.25, 0.3) is 0 Å². The van der Waals surface area contributed by atoms with Crippen molar-refractivity contribution in [3.8, 4) is 0 Å². The van der Waals surface area contributed by atoms with E-state index in [4.69, 9.17) is 0 Å². The van der Waals surface area contributed by atoms with Gasteiger partial charge in [-0.05, 0) is 18.9 Å². The molecule has 0 aromatic heterocycles. The Balaban J connectivity index is 2.24. The molecule has 7 heteroatoms. The third-order valence-electron chi connectivity index (χ3n) is 3.79. The minimum atomic E-state index is -3.71. The molecule has 1 aliphatic carbocycles. The molecule has 1 saturated carbocycles. The lowest BCUT2D eigenvalue weighted by molar-refractivity contribution is -0.145. The molecule has 0 heterocycles. The number of methoxy groups -OCH3 is 1. The Kier molecular flexibility index (Phi) is 4.84. The predicted octanol–water partition coefficient (Wildman–Crippen LogP) is 1.26. The molecule has 2 rings (SSSR count). The number of anilines is 1. The lowest BCUT2D eigenvalue weighted by Gasteiger charge is -2.20.